The van der Waals surface area contributed by atoms with Crippen LogP contribution in [0.2, 0.25) is 0 Å². The molecule has 3 aliphatic heterocycles. The Bertz CT molecular complexity index is 1810. The van der Waals surface area contributed by atoms with E-state index in [2.05, 4.69) is 15.5 Å². The van der Waals surface area contributed by atoms with Gasteiger partial charge in [0.2, 0.25) is 35.9 Å². The molecule has 5 rings (SSSR count). The Hall–Kier alpha value is -5.77. The van der Waals surface area contributed by atoms with E-state index in [4.69, 9.17) is 0 Å². The van der Waals surface area contributed by atoms with Crippen molar-refractivity contribution < 1.29 is 74.3 Å². The zero-order valence-corrected chi connectivity index (χ0v) is 38.7. The van der Waals surface area contributed by atoms with Crippen molar-refractivity contribution in [1.82, 2.24) is 35.3 Å². The SMILES string of the molecule is CC.CC.CC(=O)ON1C(=O)c2ccccc2C1=O.CN1CCCCCCCC(N(C)C(=O)CNC=O)C(=O)NCC(=O)N(C)CC1=O.O=C(N1CCC(F)C1)C1(C(F)(F)F)CC(F)(F)C1. The first kappa shape index (κ1) is 58.2. The zero-order valence-electron chi connectivity index (χ0n) is 38.7. The lowest BCUT2D eigenvalue weighted by molar-refractivity contribution is -0.299. The van der Waals surface area contributed by atoms with Gasteiger partial charge in [-0.15, -0.1) is 0 Å². The molecule has 1 aliphatic carbocycles. The number of amides is 8. The predicted molar refractivity (Wildman–Crippen MR) is 227 cm³/mol. The largest absolute Gasteiger partial charge is 0.403 e. The lowest BCUT2D eigenvalue weighted by atomic mass is 9.64. The Morgan fingerprint density at radius 1 is 0.864 bits per heavy atom. The molecule has 1 saturated carbocycles. The maximum atomic E-state index is 12.9. The van der Waals surface area contributed by atoms with Gasteiger partial charge in [0.1, 0.15) is 12.2 Å². The number of hydroxylamine groups is 2. The number of likely N-dealkylation sites (N-methyl/N-ethyl adjacent to an activating group) is 3. The summed E-state index contributed by atoms with van der Waals surface area (Å²) in [4.78, 5) is 115. The summed E-state index contributed by atoms with van der Waals surface area (Å²) in [5, 5.41) is 5.35. The first-order valence-corrected chi connectivity index (χ1v) is 21.7. The summed E-state index contributed by atoms with van der Waals surface area (Å²) in [6.07, 6.45) is -4.16. The van der Waals surface area contributed by atoms with Gasteiger partial charge in [0, 0.05) is 54.0 Å². The molecule has 2 atom stereocenters. The van der Waals surface area contributed by atoms with Crippen molar-refractivity contribution in [1.29, 1.82) is 0 Å². The fraction of sp³-hybridized carbons (Fsp3) is 0.651. The second-order valence-electron chi connectivity index (χ2n) is 15.3. The second-order valence-corrected chi connectivity index (χ2v) is 15.3. The number of nitrogens with zero attached hydrogens (tertiary/aromatic N) is 5. The van der Waals surface area contributed by atoms with Gasteiger partial charge in [-0.25, -0.2) is 18.0 Å². The molecule has 3 heterocycles. The van der Waals surface area contributed by atoms with E-state index < -0.39 is 78.7 Å². The zero-order chi connectivity index (χ0) is 50.6. The highest BCUT2D eigenvalue weighted by atomic mass is 19.4. The van der Waals surface area contributed by atoms with Crippen LogP contribution in [0.4, 0.5) is 26.3 Å². The van der Waals surface area contributed by atoms with Gasteiger partial charge in [0.15, 0.2) is 5.41 Å². The second kappa shape index (κ2) is 27.0. The summed E-state index contributed by atoms with van der Waals surface area (Å²) in [5.41, 5.74) is -2.52. The van der Waals surface area contributed by atoms with Crippen molar-refractivity contribution >= 4 is 53.7 Å². The summed E-state index contributed by atoms with van der Waals surface area (Å²) in [6.45, 7) is 8.68. The number of nitrogens with one attached hydrogen (secondary N) is 2. The number of benzene rings is 1. The standard InChI is InChI=1S/C19H33N5O5.C10H11F6NO.C10H7NO4.2C2H6/c1-22-10-8-6-4-5-7-9-15(24(3)17(27)11-20-14-25)19(29)21-12-16(26)23(2)13-18(22)28;11-6-1-2-17(3-6)7(18)8(10(14,15)16)4-9(12,13)5-8;1-6(12)15-11-9(13)7-4-2-3-5-8(7)10(11)14;2*1-2/h14-15H,4-13H2,1-3H3,(H,20,25)(H,21,29);6H,1-5H2;2-5H,1H3;2*1-2H3. The van der Waals surface area contributed by atoms with E-state index in [0.29, 0.717) is 29.3 Å². The molecule has 17 nitrogen and oxygen atoms in total. The van der Waals surface area contributed by atoms with E-state index in [-0.39, 0.29) is 61.4 Å². The van der Waals surface area contributed by atoms with Gasteiger partial charge in [0.25, 0.3) is 17.7 Å². The molecule has 0 spiro atoms. The van der Waals surface area contributed by atoms with Crippen molar-refractivity contribution in [3.05, 3.63) is 35.4 Å². The quantitative estimate of drug-likeness (QED) is 0.235. The summed E-state index contributed by atoms with van der Waals surface area (Å²) >= 11 is 0. The van der Waals surface area contributed by atoms with Crippen LogP contribution in [0.15, 0.2) is 24.3 Å². The number of fused-ring (bicyclic) bond motifs is 1. The molecule has 23 heteroatoms. The minimum Gasteiger partial charge on any atom is -0.350 e. The number of likely N-dealkylation sites (tertiary alicyclic amines) is 1. The third-order valence-corrected chi connectivity index (χ3v) is 10.6. The number of hydrogen-bond donors (Lipinski definition) is 2. The van der Waals surface area contributed by atoms with Gasteiger partial charge in [-0.2, -0.15) is 13.2 Å². The van der Waals surface area contributed by atoms with Gasteiger partial charge in [-0.3, -0.25) is 38.4 Å². The van der Waals surface area contributed by atoms with Crippen LogP contribution in [0, 0.1) is 5.41 Å². The Kier molecular flexibility index (Phi) is 23.8. The number of rotatable bonds is 6. The van der Waals surface area contributed by atoms with Crippen LogP contribution < -0.4 is 10.6 Å². The monoisotopic (exact) mass is 951 g/mol. The molecule has 1 aromatic carbocycles. The van der Waals surface area contributed by atoms with Crippen LogP contribution in [0.25, 0.3) is 0 Å². The average Bonchev–Trinajstić information content (AvgIpc) is 3.81. The number of imide groups is 1. The molecule has 2 unspecified atom stereocenters. The summed E-state index contributed by atoms with van der Waals surface area (Å²) < 4.78 is 76.8. The van der Waals surface area contributed by atoms with Crippen molar-refractivity contribution in [3.63, 3.8) is 0 Å². The molecule has 3 fully saturated rings. The topological polar surface area (TPSA) is 203 Å². The van der Waals surface area contributed by atoms with Crippen LogP contribution in [-0.4, -0.2) is 163 Å². The third-order valence-electron chi connectivity index (χ3n) is 10.6. The molecule has 0 radical (unpaired) electrons. The highest BCUT2D eigenvalue weighted by molar-refractivity contribution is 6.20. The first-order chi connectivity index (χ1) is 31.0. The van der Waals surface area contributed by atoms with E-state index in [9.17, 15) is 69.5 Å². The average molecular weight is 952 g/mol. The fourth-order valence-corrected chi connectivity index (χ4v) is 6.98. The van der Waals surface area contributed by atoms with Crippen molar-refractivity contribution in [3.8, 4) is 0 Å². The maximum absolute atomic E-state index is 12.9. The number of carbonyl (C=O) groups excluding carboxylic acids is 9. The molecule has 2 N–H and O–H groups in total. The van der Waals surface area contributed by atoms with Crippen molar-refractivity contribution in [2.24, 2.45) is 5.41 Å². The van der Waals surface area contributed by atoms with Crippen LogP contribution in [0.3, 0.4) is 0 Å². The molecular formula is C43H63F6N7O10. The van der Waals surface area contributed by atoms with Gasteiger partial charge in [-0.1, -0.05) is 70.6 Å². The summed E-state index contributed by atoms with van der Waals surface area (Å²) in [7, 11) is 4.75. The third kappa shape index (κ3) is 16.3. The first-order valence-electron chi connectivity index (χ1n) is 21.7. The molecular weight excluding hydrogens is 889 g/mol. The Morgan fingerprint density at radius 2 is 1.41 bits per heavy atom. The van der Waals surface area contributed by atoms with Gasteiger partial charge in [0.05, 0.1) is 37.3 Å². The number of halogens is 6. The number of carbonyl (C=O) groups is 9. The Labute approximate surface area is 380 Å². The summed E-state index contributed by atoms with van der Waals surface area (Å²) in [6, 6.07) is 5.58. The lowest BCUT2D eigenvalue weighted by Crippen LogP contribution is -2.62. The molecule has 66 heavy (non-hydrogen) atoms. The van der Waals surface area contributed by atoms with Crippen LogP contribution in [0.5, 0.6) is 0 Å². The molecule has 2 saturated heterocycles. The molecule has 372 valence electrons. The van der Waals surface area contributed by atoms with E-state index in [1.165, 1.54) is 36.0 Å². The predicted octanol–water partition coefficient (Wildman–Crippen LogP) is 4.29. The molecule has 0 aromatic heterocycles. The van der Waals surface area contributed by atoms with Crippen LogP contribution in [0.1, 0.15) is 113 Å². The molecule has 0 bridgehead atoms. The van der Waals surface area contributed by atoms with E-state index >= 15 is 0 Å². The summed E-state index contributed by atoms with van der Waals surface area (Å²) in [5.74, 6) is -8.15. The van der Waals surface area contributed by atoms with Gasteiger partial charge in [-0.05, 0) is 31.4 Å². The van der Waals surface area contributed by atoms with Crippen molar-refractivity contribution in [2.75, 3.05) is 60.4 Å². The smallest absolute Gasteiger partial charge is 0.350 e. The van der Waals surface area contributed by atoms with Gasteiger partial charge >= 0.3 is 12.1 Å². The highest BCUT2D eigenvalue weighted by Crippen LogP contribution is 2.61. The molecule has 4 aliphatic rings. The molecule has 1 aromatic rings. The van der Waals surface area contributed by atoms with Crippen LogP contribution in [-0.2, 0) is 38.4 Å². The highest BCUT2D eigenvalue weighted by Gasteiger charge is 2.74. The minimum absolute atomic E-state index is 0.0456. The fourth-order valence-electron chi connectivity index (χ4n) is 6.98. The number of alkyl halides is 6. The molecule has 8 amide bonds. The van der Waals surface area contributed by atoms with Gasteiger partial charge < -0.3 is 35.1 Å². The Balaban J connectivity index is 0.000000503. The number of hydrogen-bond acceptors (Lipinski definition) is 10. The Morgan fingerprint density at radius 3 is 1.89 bits per heavy atom. The van der Waals surface area contributed by atoms with E-state index in [1.807, 2.05) is 27.7 Å². The van der Waals surface area contributed by atoms with E-state index in [1.54, 1.807) is 24.1 Å². The minimum atomic E-state index is -5.03. The normalized spacial score (nSPS) is 20.7. The van der Waals surface area contributed by atoms with Crippen LogP contribution >= 0.6 is 0 Å². The maximum Gasteiger partial charge on any atom is 0.403 e. The van der Waals surface area contributed by atoms with Crippen molar-refractivity contribution in [2.45, 2.75) is 117 Å². The lowest BCUT2D eigenvalue weighted by Gasteiger charge is -2.47. The van der Waals surface area contributed by atoms with E-state index in [0.717, 1.165) is 39.0 Å².